The molecule has 17 heavy (non-hydrogen) atoms. The summed E-state index contributed by atoms with van der Waals surface area (Å²) in [5.41, 5.74) is 2.41. The maximum Gasteiger partial charge on any atom is 0.239 e. The zero-order chi connectivity index (χ0) is 12.3. The van der Waals surface area contributed by atoms with E-state index in [1.54, 1.807) is 6.20 Å². The largest absolute Gasteiger partial charge is 0.393 e. The molecule has 1 fully saturated rings. The maximum absolute atomic E-state index is 9.44. The lowest BCUT2D eigenvalue weighted by atomic mass is 10.1. The fourth-order valence-electron chi connectivity index (χ4n) is 2.04. The van der Waals surface area contributed by atoms with Crippen molar-refractivity contribution in [2.45, 2.75) is 25.4 Å². The van der Waals surface area contributed by atoms with Gasteiger partial charge in [-0.05, 0) is 41.1 Å². The monoisotopic (exact) mass is 301 g/mol. The maximum atomic E-state index is 9.44. The van der Waals surface area contributed by atoms with Gasteiger partial charge in [-0.15, -0.1) is 0 Å². The number of aliphatic hydroxyl groups excluding tert-OH is 1. The van der Waals surface area contributed by atoms with E-state index in [0.29, 0.717) is 17.7 Å². The fourth-order valence-corrected chi connectivity index (χ4v) is 2.37. The molecule has 1 saturated carbocycles. The third-order valence-electron chi connectivity index (χ3n) is 2.94. The lowest BCUT2D eigenvalue weighted by Crippen LogP contribution is -2.16. The number of hydrogen-bond donors (Lipinski definition) is 4. The number of nitrogens with zero attached hydrogens (tertiary/aromatic N) is 2. The number of rotatable bonds is 4. The summed E-state index contributed by atoms with van der Waals surface area (Å²) in [6.07, 6.45) is 4.31. The first kappa shape index (κ1) is 12.5. The average molecular weight is 302 g/mol. The standard InChI is InChI=1S/C10H16BrN5O/c11-8-5-14-10(16-12)15-9(8)13-4-6-1-2-7(17)3-6/h5-7,17H,1-4,12H2,(H2,13,14,15,16). The topological polar surface area (TPSA) is 96.1 Å². The molecule has 5 N–H and O–H groups in total. The molecule has 1 aromatic rings. The number of aliphatic hydroxyl groups is 1. The van der Waals surface area contributed by atoms with Crippen molar-refractivity contribution >= 4 is 27.7 Å². The molecule has 1 aliphatic rings. The van der Waals surface area contributed by atoms with E-state index in [0.717, 1.165) is 30.3 Å². The van der Waals surface area contributed by atoms with Gasteiger partial charge in [0.15, 0.2) is 0 Å². The van der Waals surface area contributed by atoms with Crippen LogP contribution in [0.1, 0.15) is 19.3 Å². The van der Waals surface area contributed by atoms with Gasteiger partial charge in [0.25, 0.3) is 0 Å². The van der Waals surface area contributed by atoms with Crippen LogP contribution in [-0.2, 0) is 0 Å². The number of nitrogens with one attached hydrogen (secondary N) is 2. The highest BCUT2D eigenvalue weighted by Crippen LogP contribution is 2.27. The Bertz CT molecular complexity index is 389. The highest BCUT2D eigenvalue weighted by Gasteiger charge is 2.22. The summed E-state index contributed by atoms with van der Waals surface area (Å²) in [7, 11) is 0. The van der Waals surface area contributed by atoms with Crippen LogP contribution in [0.2, 0.25) is 0 Å². The van der Waals surface area contributed by atoms with Gasteiger partial charge in [-0.3, -0.25) is 5.43 Å². The van der Waals surface area contributed by atoms with Crippen molar-refractivity contribution in [2.75, 3.05) is 17.3 Å². The smallest absolute Gasteiger partial charge is 0.239 e. The molecule has 2 unspecified atom stereocenters. The predicted octanol–water partition coefficient (Wildman–Crippen LogP) is 1.10. The molecular formula is C10H16BrN5O. The van der Waals surface area contributed by atoms with Crippen molar-refractivity contribution in [3.63, 3.8) is 0 Å². The predicted molar refractivity (Wildman–Crippen MR) is 69.4 cm³/mol. The second-order valence-electron chi connectivity index (χ2n) is 4.25. The van der Waals surface area contributed by atoms with E-state index < -0.39 is 0 Å². The van der Waals surface area contributed by atoms with Gasteiger partial charge in [0, 0.05) is 12.7 Å². The minimum Gasteiger partial charge on any atom is -0.393 e. The first-order valence-corrected chi connectivity index (χ1v) is 6.39. The summed E-state index contributed by atoms with van der Waals surface area (Å²) >= 11 is 3.38. The molecule has 1 aromatic heterocycles. The molecule has 7 heteroatoms. The molecule has 2 rings (SSSR count). The molecule has 0 saturated heterocycles. The van der Waals surface area contributed by atoms with E-state index in [4.69, 9.17) is 5.84 Å². The number of aromatic nitrogens is 2. The Labute approximate surface area is 108 Å². The van der Waals surface area contributed by atoms with E-state index in [1.165, 1.54) is 0 Å². The van der Waals surface area contributed by atoms with Crippen molar-refractivity contribution in [1.82, 2.24) is 9.97 Å². The van der Waals surface area contributed by atoms with Gasteiger partial charge in [-0.2, -0.15) is 4.98 Å². The van der Waals surface area contributed by atoms with Crippen molar-refractivity contribution in [3.8, 4) is 0 Å². The summed E-state index contributed by atoms with van der Waals surface area (Å²) in [6.45, 7) is 0.802. The lowest BCUT2D eigenvalue weighted by Gasteiger charge is -2.12. The van der Waals surface area contributed by atoms with Crippen LogP contribution in [0.15, 0.2) is 10.7 Å². The third kappa shape index (κ3) is 3.27. The van der Waals surface area contributed by atoms with Crippen molar-refractivity contribution in [1.29, 1.82) is 0 Å². The summed E-state index contributed by atoms with van der Waals surface area (Å²) in [4.78, 5) is 8.18. The number of halogens is 1. The SMILES string of the molecule is NNc1ncc(Br)c(NCC2CCC(O)C2)n1. The van der Waals surface area contributed by atoms with Crippen molar-refractivity contribution in [2.24, 2.45) is 11.8 Å². The second kappa shape index (κ2) is 5.61. The summed E-state index contributed by atoms with van der Waals surface area (Å²) in [5, 5.41) is 12.7. The number of nitrogen functional groups attached to an aromatic ring is 1. The highest BCUT2D eigenvalue weighted by atomic mass is 79.9. The number of hydrazine groups is 1. The molecule has 0 radical (unpaired) electrons. The molecule has 0 aliphatic heterocycles. The van der Waals surface area contributed by atoms with Gasteiger partial charge in [-0.1, -0.05) is 0 Å². The third-order valence-corrected chi connectivity index (χ3v) is 3.53. The van der Waals surface area contributed by atoms with E-state index in [9.17, 15) is 5.11 Å². The minimum absolute atomic E-state index is 0.142. The van der Waals surface area contributed by atoms with Gasteiger partial charge in [0.1, 0.15) is 5.82 Å². The normalized spacial score (nSPS) is 23.7. The van der Waals surface area contributed by atoms with Crippen LogP contribution in [0, 0.1) is 5.92 Å². The number of nitrogens with two attached hydrogens (primary N) is 1. The molecule has 1 aliphatic carbocycles. The lowest BCUT2D eigenvalue weighted by molar-refractivity contribution is 0.178. The minimum atomic E-state index is -0.142. The Balaban J connectivity index is 1.94. The van der Waals surface area contributed by atoms with Crippen LogP contribution in [-0.4, -0.2) is 27.7 Å². The molecular weight excluding hydrogens is 286 g/mol. The first-order chi connectivity index (χ1) is 8.19. The molecule has 0 bridgehead atoms. The van der Waals surface area contributed by atoms with Crippen LogP contribution in [0.5, 0.6) is 0 Å². The summed E-state index contributed by atoms with van der Waals surface area (Å²) in [5.74, 6) is 6.85. The van der Waals surface area contributed by atoms with Crippen LogP contribution >= 0.6 is 15.9 Å². The second-order valence-corrected chi connectivity index (χ2v) is 5.10. The summed E-state index contributed by atoms with van der Waals surface area (Å²) in [6, 6.07) is 0. The van der Waals surface area contributed by atoms with E-state index in [2.05, 4.69) is 36.6 Å². The fraction of sp³-hybridized carbons (Fsp3) is 0.600. The average Bonchev–Trinajstić information content (AvgIpc) is 2.74. The van der Waals surface area contributed by atoms with Gasteiger partial charge in [-0.25, -0.2) is 10.8 Å². The van der Waals surface area contributed by atoms with E-state index >= 15 is 0 Å². The Morgan fingerprint density at radius 3 is 3.00 bits per heavy atom. The Morgan fingerprint density at radius 2 is 2.35 bits per heavy atom. The highest BCUT2D eigenvalue weighted by molar-refractivity contribution is 9.10. The van der Waals surface area contributed by atoms with Gasteiger partial charge >= 0.3 is 0 Å². The van der Waals surface area contributed by atoms with E-state index in [-0.39, 0.29) is 6.10 Å². The van der Waals surface area contributed by atoms with Crippen LogP contribution in [0.3, 0.4) is 0 Å². The quantitative estimate of drug-likeness (QED) is 0.491. The molecule has 94 valence electrons. The van der Waals surface area contributed by atoms with Gasteiger partial charge in [0.2, 0.25) is 5.95 Å². The van der Waals surface area contributed by atoms with Gasteiger partial charge < -0.3 is 10.4 Å². The first-order valence-electron chi connectivity index (χ1n) is 5.60. The molecule has 2 atom stereocenters. The zero-order valence-electron chi connectivity index (χ0n) is 9.36. The Hall–Kier alpha value is -0.920. The Morgan fingerprint density at radius 1 is 1.53 bits per heavy atom. The Kier molecular flexibility index (Phi) is 4.14. The van der Waals surface area contributed by atoms with Crippen LogP contribution < -0.4 is 16.6 Å². The van der Waals surface area contributed by atoms with Crippen molar-refractivity contribution < 1.29 is 5.11 Å². The number of anilines is 2. The molecule has 1 heterocycles. The molecule has 0 aromatic carbocycles. The number of hydrogen-bond acceptors (Lipinski definition) is 6. The van der Waals surface area contributed by atoms with Crippen molar-refractivity contribution in [3.05, 3.63) is 10.7 Å². The van der Waals surface area contributed by atoms with E-state index in [1.807, 2.05) is 0 Å². The van der Waals surface area contributed by atoms with Crippen LogP contribution in [0.4, 0.5) is 11.8 Å². The zero-order valence-corrected chi connectivity index (χ0v) is 10.9. The molecule has 0 spiro atoms. The van der Waals surface area contributed by atoms with Gasteiger partial charge in [0.05, 0.1) is 10.6 Å². The molecule has 0 amide bonds. The summed E-state index contributed by atoms with van der Waals surface area (Å²) < 4.78 is 0.801. The molecule has 6 nitrogen and oxygen atoms in total. The van der Waals surface area contributed by atoms with Crippen LogP contribution in [0.25, 0.3) is 0 Å².